The number of amides is 2. The quantitative estimate of drug-likeness (QED) is 0.382. The first-order valence-electron chi connectivity index (χ1n) is 12.1. The topological polar surface area (TPSA) is 124 Å². The van der Waals surface area contributed by atoms with E-state index in [-0.39, 0.29) is 46.2 Å². The number of aryl methyl sites for hydroxylation is 1. The third kappa shape index (κ3) is 5.62. The minimum absolute atomic E-state index is 0.0139. The maximum absolute atomic E-state index is 13.2. The van der Waals surface area contributed by atoms with Crippen LogP contribution in [0.2, 0.25) is 5.02 Å². The molecule has 13 heteroatoms. The lowest BCUT2D eigenvalue weighted by Crippen LogP contribution is -2.48. The van der Waals surface area contributed by atoms with E-state index in [2.05, 4.69) is 10.6 Å². The number of rotatable bonds is 8. The molecule has 1 aliphatic carbocycles. The number of furan rings is 1. The van der Waals surface area contributed by atoms with Gasteiger partial charge in [0.05, 0.1) is 23.0 Å². The van der Waals surface area contributed by atoms with Gasteiger partial charge in [-0.3, -0.25) is 14.4 Å². The standard InChI is InChI=1S/C26H28ClF3N4O5/c1-12-5-8-16(39-12)22(25(2,3)4)33-19-18(20(35)21(19)36)32-15-7-6-14(27)13-11-34(23(37)17(13)15)10-9-31-24(38)26(28,29)30/h5-8,20,22,32-33,35H,9-11H2,1-4H3,(H,31,38)/t20?,22-/m0/s1. The summed E-state index contributed by atoms with van der Waals surface area (Å²) in [7, 11) is 0. The number of benzene rings is 1. The Morgan fingerprint density at radius 1 is 1.21 bits per heavy atom. The van der Waals surface area contributed by atoms with Crippen LogP contribution in [0.25, 0.3) is 0 Å². The fourth-order valence-electron chi connectivity index (χ4n) is 4.48. The smallest absolute Gasteiger partial charge is 0.464 e. The van der Waals surface area contributed by atoms with Gasteiger partial charge in [0, 0.05) is 30.2 Å². The van der Waals surface area contributed by atoms with Crippen molar-refractivity contribution in [1.29, 1.82) is 0 Å². The molecule has 4 N–H and O–H groups in total. The minimum Gasteiger partial charge on any atom is -0.464 e. The molecule has 2 atom stereocenters. The van der Waals surface area contributed by atoms with Crippen LogP contribution in [0.1, 0.15) is 54.3 Å². The van der Waals surface area contributed by atoms with Crippen molar-refractivity contribution in [1.82, 2.24) is 15.5 Å². The zero-order valence-electron chi connectivity index (χ0n) is 21.6. The molecule has 2 aliphatic rings. The molecule has 2 aromatic rings. The molecule has 0 spiro atoms. The third-order valence-corrected chi connectivity index (χ3v) is 6.89. The molecule has 4 rings (SSSR count). The van der Waals surface area contributed by atoms with Gasteiger partial charge in [0.25, 0.3) is 5.91 Å². The number of anilines is 1. The summed E-state index contributed by atoms with van der Waals surface area (Å²) in [6.07, 6.45) is -6.48. The number of aliphatic hydroxyl groups is 1. The van der Waals surface area contributed by atoms with Gasteiger partial charge in [-0.2, -0.15) is 13.2 Å². The summed E-state index contributed by atoms with van der Waals surface area (Å²) in [6, 6.07) is 6.25. The van der Waals surface area contributed by atoms with Crippen molar-refractivity contribution in [3.05, 3.63) is 63.3 Å². The second-order valence-corrected chi connectivity index (χ2v) is 10.9. The molecule has 2 amide bonds. The highest BCUT2D eigenvalue weighted by molar-refractivity contribution is 6.32. The van der Waals surface area contributed by atoms with Crippen LogP contribution in [-0.2, 0) is 16.1 Å². The van der Waals surface area contributed by atoms with Crippen LogP contribution in [0.3, 0.4) is 0 Å². The Morgan fingerprint density at radius 2 is 1.90 bits per heavy atom. The minimum atomic E-state index is -5.03. The molecule has 0 fully saturated rings. The van der Waals surface area contributed by atoms with Gasteiger partial charge in [0.2, 0.25) is 5.78 Å². The lowest BCUT2D eigenvalue weighted by Gasteiger charge is -2.36. The van der Waals surface area contributed by atoms with Gasteiger partial charge in [0.15, 0.2) is 6.10 Å². The maximum atomic E-state index is 13.2. The molecule has 1 unspecified atom stereocenters. The van der Waals surface area contributed by atoms with Crippen LogP contribution < -0.4 is 16.0 Å². The number of alkyl halides is 3. The Balaban J connectivity index is 1.57. The molecule has 0 radical (unpaired) electrons. The van der Waals surface area contributed by atoms with Gasteiger partial charge in [0.1, 0.15) is 17.2 Å². The largest absolute Gasteiger partial charge is 0.471 e. The average molecular weight is 569 g/mol. The summed E-state index contributed by atoms with van der Waals surface area (Å²) >= 11 is 6.31. The Labute approximate surface area is 227 Å². The van der Waals surface area contributed by atoms with Gasteiger partial charge in [-0.05, 0) is 36.6 Å². The van der Waals surface area contributed by atoms with Crippen molar-refractivity contribution >= 4 is 34.9 Å². The van der Waals surface area contributed by atoms with Crippen LogP contribution in [0.4, 0.5) is 18.9 Å². The Kier molecular flexibility index (Phi) is 7.48. The summed E-state index contributed by atoms with van der Waals surface area (Å²) in [5, 5.41) is 18.6. The van der Waals surface area contributed by atoms with Gasteiger partial charge < -0.3 is 30.4 Å². The Bertz CT molecular complexity index is 1360. The monoisotopic (exact) mass is 568 g/mol. The predicted molar refractivity (Wildman–Crippen MR) is 136 cm³/mol. The summed E-state index contributed by atoms with van der Waals surface area (Å²) in [5.41, 5.74) is 0.772. The van der Waals surface area contributed by atoms with Gasteiger partial charge >= 0.3 is 12.1 Å². The van der Waals surface area contributed by atoms with E-state index in [0.717, 1.165) is 0 Å². The molecule has 1 aromatic carbocycles. The fourth-order valence-corrected chi connectivity index (χ4v) is 4.70. The van der Waals surface area contributed by atoms with E-state index >= 15 is 0 Å². The van der Waals surface area contributed by atoms with Crippen LogP contribution in [0, 0.1) is 12.3 Å². The van der Waals surface area contributed by atoms with Crippen LogP contribution in [-0.4, -0.2) is 53.0 Å². The molecular formula is C26H28ClF3N4O5. The van der Waals surface area contributed by atoms with E-state index in [0.29, 0.717) is 17.1 Å². The zero-order chi connectivity index (χ0) is 28.9. The van der Waals surface area contributed by atoms with Crippen molar-refractivity contribution in [2.24, 2.45) is 5.41 Å². The highest BCUT2D eigenvalue weighted by atomic mass is 35.5. The number of nitrogens with zero attached hydrogens (tertiary/aromatic N) is 1. The molecular weight excluding hydrogens is 541 g/mol. The third-order valence-electron chi connectivity index (χ3n) is 6.54. The van der Waals surface area contributed by atoms with Gasteiger partial charge in [-0.25, -0.2) is 0 Å². The van der Waals surface area contributed by atoms with Crippen LogP contribution >= 0.6 is 11.6 Å². The number of Topliss-reactive ketones (excluding diaryl/α,β-unsaturated/α-hetero) is 1. The summed E-state index contributed by atoms with van der Waals surface area (Å²) < 4.78 is 43.2. The van der Waals surface area contributed by atoms with Crippen molar-refractivity contribution < 1.29 is 37.1 Å². The SMILES string of the molecule is Cc1ccc([C@H](NC2=C(Nc3ccc(Cl)c4c3C(=O)N(CCNC(=O)C(F)(F)F)C4)C(O)C2=O)C(C)(C)C)o1. The van der Waals surface area contributed by atoms with E-state index in [1.807, 2.05) is 32.9 Å². The lowest BCUT2D eigenvalue weighted by molar-refractivity contribution is -0.173. The second kappa shape index (κ2) is 10.2. The normalized spacial score (nSPS) is 18.2. The number of ketones is 1. The van der Waals surface area contributed by atoms with E-state index in [9.17, 15) is 32.7 Å². The summed E-state index contributed by atoms with van der Waals surface area (Å²) in [4.78, 5) is 38.2. The number of fused-ring (bicyclic) bond motifs is 1. The number of carbonyl (C=O) groups excluding carboxylic acids is 3. The zero-order valence-corrected chi connectivity index (χ0v) is 22.4. The van der Waals surface area contributed by atoms with E-state index in [4.69, 9.17) is 16.0 Å². The molecule has 39 heavy (non-hydrogen) atoms. The molecule has 0 saturated carbocycles. The fraction of sp³-hybridized carbons (Fsp3) is 0.423. The first kappa shape index (κ1) is 28.5. The van der Waals surface area contributed by atoms with E-state index < -0.39 is 42.5 Å². The maximum Gasteiger partial charge on any atom is 0.471 e. The first-order valence-corrected chi connectivity index (χ1v) is 12.5. The van der Waals surface area contributed by atoms with Crippen LogP contribution in [0.15, 0.2) is 40.1 Å². The number of aliphatic hydroxyl groups excluding tert-OH is 1. The molecule has 9 nitrogen and oxygen atoms in total. The average Bonchev–Trinajstić information content (AvgIpc) is 3.41. The van der Waals surface area contributed by atoms with E-state index in [1.54, 1.807) is 12.2 Å². The lowest BCUT2D eigenvalue weighted by atomic mass is 9.83. The predicted octanol–water partition coefficient (Wildman–Crippen LogP) is 3.82. The molecule has 1 aromatic heterocycles. The van der Waals surface area contributed by atoms with Crippen molar-refractivity contribution in [3.63, 3.8) is 0 Å². The Morgan fingerprint density at radius 3 is 2.49 bits per heavy atom. The molecule has 1 aliphatic heterocycles. The summed E-state index contributed by atoms with van der Waals surface area (Å²) in [6.45, 7) is 7.12. The number of carbonyl (C=O) groups is 3. The molecule has 0 saturated heterocycles. The summed E-state index contributed by atoms with van der Waals surface area (Å²) in [5.74, 6) is -1.84. The van der Waals surface area contributed by atoms with Crippen molar-refractivity contribution in [2.75, 3.05) is 18.4 Å². The van der Waals surface area contributed by atoms with Crippen molar-refractivity contribution in [2.45, 2.75) is 52.6 Å². The number of halogens is 4. The molecule has 2 heterocycles. The molecule has 0 bridgehead atoms. The highest BCUT2D eigenvalue weighted by Gasteiger charge is 2.43. The van der Waals surface area contributed by atoms with Crippen LogP contribution in [0.5, 0.6) is 0 Å². The number of hydrogen-bond acceptors (Lipinski definition) is 7. The number of nitrogens with one attached hydrogen (secondary N) is 3. The first-order chi connectivity index (χ1) is 18.1. The number of hydrogen-bond donors (Lipinski definition) is 4. The second-order valence-electron chi connectivity index (χ2n) is 10.5. The molecule has 210 valence electrons. The highest BCUT2D eigenvalue weighted by Crippen LogP contribution is 2.39. The Hall–Kier alpha value is -3.51. The van der Waals surface area contributed by atoms with Gasteiger partial charge in [-0.1, -0.05) is 32.4 Å². The van der Waals surface area contributed by atoms with Crippen molar-refractivity contribution in [3.8, 4) is 0 Å². The van der Waals surface area contributed by atoms with Gasteiger partial charge in [-0.15, -0.1) is 0 Å². The van der Waals surface area contributed by atoms with E-state index in [1.165, 1.54) is 17.0 Å².